The van der Waals surface area contributed by atoms with Gasteiger partial charge in [-0.2, -0.15) is 0 Å². The lowest BCUT2D eigenvalue weighted by atomic mass is 10.1. The Morgan fingerprint density at radius 2 is 2.15 bits per heavy atom. The van der Waals surface area contributed by atoms with E-state index in [4.69, 9.17) is 9.41 Å². The number of aliphatic imine (C=N–C) groups is 1. The van der Waals surface area contributed by atoms with Crippen molar-refractivity contribution in [3.8, 4) is 0 Å². The fourth-order valence-corrected chi connectivity index (χ4v) is 4.16. The summed E-state index contributed by atoms with van der Waals surface area (Å²) in [5, 5.41) is 10.5. The summed E-state index contributed by atoms with van der Waals surface area (Å²) in [6.07, 6.45) is 3.97. The maximum absolute atomic E-state index is 5.59. The van der Waals surface area contributed by atoms with E-state index in [2.05, 4.69) is 59.0 Å². The molecule has 1 atom stereocenters. The fourth-order valence-electron chi connectivity index (χ4n) is 3.37. The molecule has 0 aromatic carbocycles. The van der Waals surface area contributed by atoms with Crippen LogP contribution in [0.25, 0.3) is 0 Å². The van der Waals surface area contributed by atoms with Crippen molar-refractivity contribution < 1.29 is 4.42 Å². The average molecular weight is 390 g/mol. The van der Waals surface area contributed by atoms with E-state index >= 15 is 0 Å². The Bertz CT molecular complexity index is 675. The van der Waals surface area contributed by atoms with Gasteiger partial charge in [0, 0.05) is 25.7 Å². The van der Waals surface area contributed by atoms with Gasteiger partial charge >= 0.3 is 0 Å². The lowest BCUT2D eigenvalue weighted by Crippen LogP contribution is -2.48. The topological polar surface area (TPSA) is 56.0 Å². The molecule has 1 aliphatic heterocycles. The Labute approximate surface area is 166 Å². The summed E-state index contributed by atoms with van der Waals surface area (Å²) in [6, 6.07) is 8.87. The molecule has 0 aliphatic carbocycles. The largest absolute Gasteiger partial charge is 0.468 e. The Balaban J connectivity index is 1.56. The van der Waals surface area contributed by atoms with Crippen LogP contribution in [0.3, 0.4) is 0 Å². The fraction of sp³-hybridized carbons (Fsp3) is 0.550. The zero-order chi connectivity index (χ0) is 19.1. The molecule has 0 spiro atoms. The molecule has 3 heterocycles. The van der Waals surface area contributed by atoms with Crippen LogP contribution in [-0.4, -0.2) is 57.2 Å². The second kappa shape index (κ2) is 9.80. The van der Waals surface area contributed by atoms with E-state index in [9.17, 15) is 0 Å². The van der Waals surface area contributed by atoms with Gasteiger partial charge in [0.15, 0.2) is 5.96 Å². The Morgan fingerprint density at radius 3 is 2.74 bits per heavy atom. The number of nitrogens with zero attached hydrogens (tertiary/aromatic N) is 3. The zero-order valence-corrected chi connectivity index (χ0v) is 17.3. The molecule has 1 saturated heterocycles. The van der Waals surface area contributed by atoms with E-state index in [-0.39, 0.29) is 6.04 Å². The van der Waals surface area contributed by atoms with Gasteiger partial charge < -0.3 is 20.0 Å². The zero-order valence-electron chi connectivity index (χ0n) is 16.5. The minimum absolute atomic E-state index is 0.135. The number of rotatable bonds is 7. The van der Waals surface area contributed by atoms with Crippen molar-refractivity contribution in [1.29, 1.82) is 0 Å². The van der Waals surface area contributed by atoms with Gasteiger partial charge in [0.1, 0.15) is 5.76 Å². The van der Waals surface area contributed by atoms with Gasteiger partial charge in [-0.25, -0.2) is 0 Å². The van der Waals surface area contributed by atoms with Gasteiger partial charge in [-0.1, -0.05) is 0 Å². The first kappa shape index (κ1) is 19.8. The predicted molar refractivity (Wildman–Crippen MR) is 114 cm³/mol. The second-order valence-corrected chi connectivity index (χ2v) is 8.00. The van der Waals surface area contributed by atoms with Crippen LogP contribution >= 0.6 is 11.3 Å². The van der Waals surface area contributed by atoms with Crippen LogP contribution in [-0.2, 0) is 0 Å². The van der Waals surface area contributed by atoms with E-state index in [1.807, 2.05) is 23.5 Å². The van der Waals surface area contributed by atoms with E-state index in [0.717, 1.165) is 44.2 Å². The van der Waals surface area contributed by atoms with Crippen molar-refractivity contribution in [2.24, 2.45) is 4.99 Å². The molecular formula is C20H31N5OS. The minimum atomic E-state index is 0.135. The minimum Gasteiger partial charge on any atom is -0.468 e. The molecule has 3 rings (SSSR count). The van der Waals surface area contributed by atoms with E-state index in [1.165, 1.54) is 5.00 Å². The number of furan rings is 1. The number of likely N-dealkylation sites (N-methyl/N-ethyl adjacent to an activating group) is 1. The molecule has 0 bridgehead atoms. The summed E-state index contributed by atoms with van der Waals surface area (Å²) >= 11 is 1.82. The molecule has 2 aromatic heterocycles. The van der Waals surface area contributed by atoms with Crippen molar-refractivity contribution in [2.75, 3.05) is 45.2 Å². The highest BCUT2D eigenvalue weighted by Gasteiger charge is 2.21. The number of thiophene rings is 1. The van der Waals surface area contributed by atoms with Gasteiger partial charge in [0.25, 0.3) is 0 Å². The number of hydrogen-bond acceptors (Lipinski definition) is 5. The SMILES string of the molecule is CCNC(=NCC(c1ccco1)N(C)C)NC1CCN(c2cccs2)CC1. The standard InChI is InChI=1S/C20H31N5OS/c1-4-21-20(22-15-17(24(2)3)18-7-5-13-26-18)23-16-9-11-25(12-10-16)19-8-6-14-27-19/h5-8,13-14,16-17H,4,9-12,15H2,1-3H3,(H2,21,22,23). The summed E-state index contributed by atoms with van der Waals surface area (Å²) < 4.78 is 5.59. The van der Waals surface area contributed by atoms with Crippen LogP contribution in [0.2, 0.25) is 0 Å². The maximum atomic E-state index is 5.59. The third-order valence-electron chi connectivity index (χ3n) is 4.92. The molecule has 6 nitrogen and oxygen atoms in total. The molecule has 0 saturated carbocycles. The van der Waals surface area contributed by atoms with Crippen molar-refractivity contribution >= 4 is 22.3 Å². The summed E-state index contributed by atoms with van der Waals surface area (Å²) in [7, 11) is 4.12. The molecule has 1 aliphatic rings. The number of hydrogen-bond donors (Lipinski definition) is 2. The van der Waals surface area contributed by atoms with Crippen molar-refractivity contribution in [2.45, 2.75) is 31.8 Å². The lowest BCUT2D eigenvalue weighted by molar-refractivity contribution is 0.264. The van der Waals surface area contributed by atoms with Crippen LogP contribution in [0.5, 0.6) is 0 Å². The molecule has 2 aromatic rings. The summed E-state index contributed by atoms with van der Waals surface area (Å²) in [5.74, 6) is 1.84. The van der Waals surface area contributed by atoms with Gasteiger partial charge in [0.05, 0.1) is 23.9 Å². The summed E-state index contributed by atoms with van der Waals surface area (Å²) in [5.41, 5.74) is 0. The molecule has 1 unspecified atom stereocenters. The Hall–Kier alpha value is -1.99. The molecule has 7 heteroatoms. The average Bonchev–Trinajstić information content (AvgIpc) is 3.36. The van der Waals surface area contributed by atoms with Crippen LogP contribution in [0.4, 0.5) is 5.00 Å². The number of anilines is 1. The van der Waals surface area contributed by atoms with Crippen molar-refractivity contribution in [1.82, 2.24) is 15.5 Å². The van der Waals surface area contributed by atoms with Crippen LogP contribution in [0.1, 0.15) is 31.6 Å². The Morgan fingerprint density at radius 1 is 1.33 bits per heavy atom. The highest BCUT2D eigenvalue weighted by molar-refractivity contribution is 7.14. The number of piperidine rings is 1. The van der Waals surface area contributed by atoms with Gasteiger partial charge in [-0.3, -0.25) is 9.89 Å². The third-order valence-corrected chi connectivity index (χ3v) is 5.84. The first-order valence-corrected chi connectivity index (χ1v) is 10.6. The maximum Gasteiger partial charge on any atom is 0.191 e. The summed E-state index contributed by atoms with van der Waals surface area (Å²) in [6.45, 7) is 5.79. The van der Waals surface area contributed by atoms with E-state index in [0.29, 0.717) is 12.6 Å². The molecule has 148 valence electrons. The van der Waals surface area contributed by atoms with Crippen molar-refractivity contribution in [3.63, 3.8) is 0 Å². The van der Waals surface area contributed by atoms with Gasteiger partial charge in [-0.05, 0) is 63.5 Å². The normalized spacial score (nSPS) is 17.3. The van der Waals surface area contributed by atoms with Crippen LogP contribution < -0.4 is 15.5 Å². The first-order chi connectivity index (χ1) is 13.2. The number of guanidine groups is 1. The first-order valence-electron chi connectivity index (χ1n) is 9.70. The molecule has 1 fully saturated rings. The third kappa shape index (κ3) is 5.49. The quantitative estimate of drug-likeness (QED) is 0.563. The molecule has 27 heavy (non-hydrogen) atoms. The van der Waals surface area contributed by atoms with Gasteiger partial charge in [0.2, 0.25) is 0 Å². The summed E-state index contributed by atoms with van der Waals surface area (Å²) in [4.78, 5) is 9.46. The molecule has 2 N–H and O–H groups in total. The van der Waals surface area contributed by atoms with E-state index in [1.54, 1.807) is 6.26 Å². The molecular weight excluding hydrogens is 358 g/mol. The number of nitrogens with one attached hydrogen (secondary N) is 2. The molecule has 0 radical (unpaired) electrons. The van der Waals surface area contributed by atoms with Crippen molar-refractivity contribution in [3.05, 3.63) is 41.7 Å². The van der Waals surface area contributed by atoms with Crippen LogP contribution in [0.15, 0.2) is 45.3 Å². The monoisotopic (exact) mass is 389 g/mol. The second-order valence-electron chi connectivity index (χ2n) is 7.07. The van der Waals surface area contributed by atoms with Gasteiger partial charge in [-0.15, -0.1) is 11.3 Å². The van der Waals surface area contributed by atoms with E-state index < -0.39 is 0 Å². The smallest absolute Gasteiger partial charge is 0.191 e. The lowest BCUT2D eigenvalue weighted by Gasteiger charge is -2.33. The predicted octanol–water partition coefficient (Wildman–Crippen LogP) is 3.17. The van der Waals surface area contributed by atoms with Crippen LogP contribution in [0, 0.1) is 0 Å². The molecule has 0 amide bonds. The Kier molecular flexibility index (Phi) is 7.18. The highest BCUT2D eigenvalue weighted by atomic mass is 32.1. The highest BCUT2D eigenvalue weighted by Crippen LogP contribution is 2.25.